The Hall–Kier alpha value is -2.09. The zero-order valence-electron chi connectivity index (χ0n) is 14.5. The van der Waals surface area contributed by atoms with Crippen molar-refractivity contribution in [3.05, 3.63) is 60.2 Å². The number of primary sulfonamides is 1. The molecular weight excluding hydrogens is 366 g/mol. The quantitative estimate of drug-likeness (QED) is 0.624. The number of sulfonamides is 1. The normalized spacial score (nSPS) is 12.2. The van der Waals surface area contributed by atoms with E-state index in [1.54, 1.807) is 23.9 Å². The highest BCUT2D eigenvalue weighted by molar-refractivity contribution is 7.99. The number of aryl methyl sites for hydroxylation is 1. The van der Waals surface area contributed by atoms with E-state index in [1.165, 1.54) is 6.07 Å². The fraction of sp³-hybridized carbons (Fsp3) is 0.211. The summed E-state index contributed by atoms with van der Waals surface area (Å²) in [6, 6.07) is 15.0. The van der Waals surface area contributed by atoms with Crippen LogP contribution in [0.15, 0.2) is 64.7 Å². The summed E-state index contributed by atoms with van der Waals surface area (Å²) in [6.45, 7) is 2.93. The van der Waals surface area contributed by atoms with Crippen molar-refractivity contribution >= 4 is 38.9 Å². The van der Waals surface area contributed by atoms with Crippen molar-refractivity contribution in [2.75, 3.05) is 5.75 Å². The van der Waals surface area contributed by atoms with Gasteiger partial charge in [-0.15, -0.1) is 0 Å². The minimum atomic E-state index is -3.73. The summed E-state index contributed by atoms with van der Waals surface area (Å²) in [5.74, 6) is 0.782. The molecule has 0 saturated carbocycles. The van der Waals surface area contributed by atoms with Crippen molar-refractivity contribution in [3.8, 4) is 0 Å². The summed E-state index contributed by atoms with van der Waals surface area (Å²) in [5, 5.41) is 6.11. The van der Waals surface area contributed by atoms with E-state index in [9.17, 15) is 8.42 Å². The molecule has 0 radical (unpaired) electrons. The summed E-state index contributed by atoms with van der Waals surface area (Å²) in [6.07, 6.45) is 5.15. The van der Waals surface area contributed by atoms with Crippen LogP contribution in [-0.4, -0.2) is 23.7 Å². The van der Waals surface area contributed by atoms with E-state index in [4.69, 9.17) is 5.14 Å². The maximum Gasteiger partial charge on any atom is 0.238 e. The number of nitrogens with two attached hydrogens (primary N) is 1. The van der Waals surface area contributed by atoms with Crippen LogP contribution in [0.1, 0.15) is 18.9 Å². The molecule has 0 unspecified atom stereocenters. The van der Waals surface area contributed by atoms with E-state index in [0.29, 0.717) is 5.52 Å². The number of aromatic nitrogens is 2. The highest BCUT2D eigenvalue weighted by atomic mass is 32.2. The Labute approximate surface area is 158 Å². The molecule has 0 fully saturated rings. The van der Waals surface area contributed by atoms with Crippen molar-refractivity contribution in [2.45, 2.75) is 29.9 Å². The second-order valence-electron chi connectivity index (χ2n) is 5.87. The molecule has 2 aromatic carbocycles. The Kier molecular flexibility index (Phi) is 5.80. The molecule has 2 N–H and O–H groups in total. The molecule has 3 rings (SSSR count). The Balaban J connectivity index is 1.84. The molecule has 0 aliphatic heterocycles. The predicted octanol–water partition coefficient (Wildman–Crippen LogP) is 3.90. The maximum absolute atomic E-state index is 11.6. The maximum atomic E-state index is 11.6. The summed E-state index contributed by atoms with van der Waals surface area (Å²) >= 11 is 1.63. The third-order valence-corrected chi connectivity index (χ3v) is 5.72. The summed E-state index contributed by atoms with van der Waals surface area (Å²) in [4.78, 5) is 4.71. The lowest BCUT2D eigenvalue weighted by molar-refractivity contribution is 0.598. The number of fused-ring (bicyclic) bond motifs is 1. The molecule has 0 saturated heterocycles. The second-order valence-corrected chi connectivity index (χ2v) is 8.41. The van der Waals surface area contributed by atoms with Gasteiger partial charge < -0.3 is 4.57 Å². The first-order chi connectivity index (χ1) is 12.5. The molecule has 3 aromatic rings. The SMILES string of the molecule is CCCn1c(SC/C=C/c2ccccc2)nc2cc(S(N)(=O)=O)ccc21. The molecule has 5 nitrogen and oxygen atoms in total. The van der Waals surface area contributed by atoms with E-state index in [1.807, 2.05) is 18.2 Å². The van der Waals surface area contributed by atoms with Crippen molar-refractivity contribution in [2.24, 2.45) is 5.14 Å². The predicted molar refractivity (Wildman–Crippen MR) is 108 cm³/mol. The number of thioether (sulfide) groups is 1. The van der Waals surface area contributed by atoms with Gasteiger partial charge in [-0.05, 0) is 30.2 Å². The van der Waals surface area contributed by atoms with E-state index < -0.39 is 10.0 Å². The number of hydrogen-bond donors (Lipinski definition) is 1. The van der Waals surface area contributed by atoms with Crippen LogP contribution in [-0.2, 0) is 16.6 Å². The Morgan fingerprint density at radius 3 is 2.65 bits per heavy atom. The molecule has 26 heavy (non-hydrogen) atoms. The lowest BCUT2D eigenvalue weighted by Gasteiger charge is -2.06. The summed E-state index contributed by atoms with van der Waals surface area (Å²) in [5.41, 5.74) is 2.74. The standard InChI is InChI=1S/C19H21N3O2S2/c1-2-12-22-18-11-10-16(26(20,23)24)14-17(18)21-19(22)25-13-6-9-15-7-4-3-5-8-15/h3-11,14H,2,12-13H2,1H3,(H2,20,23,24)/b9-6+. The zero-order chi connectivity index (χ0) is 18.6. The first kappa shape index (κ1) is 18.7. The largest absolute Gasteiger partial charge is 0.319 e. The molecule has 136 valence electrons. The minimum absolute atomic E-state index is 0.0895. The van der Waals surface area contributed by atoms with Crippen LogP contribution in [0.4, 0.5) is 0 Å². The average molecular weight is 388 g/mol. The third kappa shape index (κ3) is 4.35. The van der Waals surface area contributed by atoms with Gasteiger partial charge in [0.1, 0.15) is 0 Å². The van der Waals surface area contributed by atoms with Crippen LogP contribution in [0, 0.1) is 0 Å². The number of rotatable bonds is 7. The molecule has 1 heterocycles. The topological polar surface area (TPSA) is 78.0 Å². The smallest absolute Gasteiger partial charge is 0.238 e. The van der Waals surface area contributed by atoms with E-state index in [-0.39, 0.29) is 4.90 Å². The molecule has 0 amide bonds. The van der Waals surface area contributed by atoms with Gasteiger partial charge in [-0.3, -0.25) is 0 Å². The van der Waals surface area contributed by atoms with Gasteiger partial charge in [0.25, 0.3) is 0 Å². The number of nitrogens with zero attached hydrogens (tertiary/aromatic N) is 2. The number of benzene rings is 2. The van der Waals surface area contributed by atoms with E-state index in [0.717, 1.165) is 35.0 Å². The molecular formula is C19H21N3O2S2. The van der Waals surface area contributed by atoms with Crippen LogP contribution in [0.3, 0.4) is 0 Å². The van der Waals surface area contributed by atoms with Gasteiger partial charge in [0.2, 0.25) is 10.0 Å². The monoisotopic (exact) mass is 387 g/mol. The van der Waals surface area contributed by atoms with Gasteiger partial charge in [0.15, 0.2) is 5.16 Å². The van der Waals surface area contributed by atoms with Gasteiger partial charge in [-0.25, -0.2) is 18.5 Å². The van der Waals surface area contributed by atoms with Gasteiger partial charge in [-0.2, -0.15) is 0 Å². The highest BCUT2D eigenvalue weighted by Gasteiger charge is 2.14. The summed E-state index contributed by atoms with van der Waals surface area (Å²) < 4.78 is 25.3. The van der Waals surface area contributed by atoms with Gasteiger partial charge in [-0.1, -0.05) is 61.2 Å². The summed E-state index contributed by atoms with van der Waals surface area (Å²) in [7, 11) is -3.73. The van der Waals surface area contributed by atoms with Crippen molar-refractivity contribution in [1.82, 2.24) is 9.55 Å². The van der Waals surface area contributed by atoms with Crippen LogP contribution >= 0.6 is 11.8 Å². The fourth-order valence-electron chi connectivity index (χ4n) is 2.69. The van der Waals surface area contributed by atoms with Gasteiger partial charge in [0.05, 0.1) is 15.9 Å². The Morgan fingerprint density at radius 1 is 1.19 bits per heavy atom. The van der Waals surface area contributed by atoms with Crippen molar-refractivity contribution in [1.29, 1.82) is 0 Å². The van der Waals surface area contributed by atoms with Gasteiger partial charge >= 0.3 is 0 Å². The number of imidazole rings is 1. The third-order valence-electron chi connectivity index (χ3n) is 3.88. The Bertz CT molecular complexity index is 1030. The highest BCUT2D eigenvalue weighted by Crippen LogP contribution is 2.26. The first-order valence-electron chi connectivity index (χ1n) is 8.36. The fourth-order valence-corrected chi connectivity index (χ4v) is 4.07. The number of hydrogen-bond acceptors (Lipinski definition) is 4. The van der Waals surface area contributed by atoms with Crippen LogP contribution < -0.4 is 5.14 Å². The second kappa shape index (κ2) is 8.07. The molecule has 0 aliphatic carbocycles. The van der Waals surface area contributed by atoms with Crippen molar-refractivity contribution in [3.63, 3.8) is 0 Å². The molecule has 0 bridgehead atoms. The average Bonchev–Trinajstić information content (AvgIpc) is 2.96. The molecule has 7 heteroatoms. The molecule has 0 atom stereocenters. The molecule has 0 aliphatic rings. The van der Waals surface area contributed by atoms with Crippen LogP contribution in [0.25, 0.3) is 17.1 Å². The minimum Gasteiger partial charge on any atom is -0.319 e. The Morgan fingerprint density at radius 2 is 1.96 bits per heavy atom. The van der Waals surface area contributed by atoms with Crippen molar-refractivity contribution < 1.29 is 8.42 Å². The molecule has 1 aromatic heterocycles. The zero-order valence-corrected chi connectivity index (χ0v) is 16.1. The van der Waals surface area contributed by atoms with E-state index >= 15 is 0 Å². The van der Waals surface area contributed by atoms with E-state index in [2.05, 4.69) is 40.8 Å². The lowest BCUT2D eigenvalue weighted by atomic mass is 10.2. The molecule has 0 spiro atoms. The lowest BCUT2D eigenvalue weighted by Crippen LogP contribution is -2.11. The first-order valence-corrected chi connectivity index (χ1v) is 10.9. The van der Waals surface area contributed by atoms with Crippen LogP contribution in [0.5, 0.6) is 0 Å². The van der Waals surface area contributed by atoms with Gasteiger partial charge in [0, 0.05) is 12.3 Å². The van der Waals surface area contributed by atoms with Crippen LogP contribution in [0.2, 0.25) is 0 Å².